The first-order chi connectivity index (χ1) is 17.6. The Morgan fingerprint density at radius 3 is 2.27 bits per heavy atom. The van der Waals surface area contributed by atoms with E-state index in [-0.39, 0.29) is 46.9 Å². The molecule has 0 unspecified atom stereocenters. The van der Waals surface area contributed by atoms with Crippen molar-refractivity contribution in [1.29, 1.82) is 0 Å². The van der Waals surface area contributed by atoms with Crippen LogP contribution in [0.3, 0.4) is 0 Å². The van der Waals surface area contributed by atoms with Gasteiger partial charge in [0.2, 0.25) is 0 Å². The minimum Gasteiger partial charge on any atom is -0.435 e. The van der Waals surface area contributed by atoms with E-state index in [0.29, 0.717) is 22.3 Å². The zero-order valence-electron chi connectivity index (χ0n) is 20.3. The molecule has 0 saturated heterocycles. The quantitative estimate of drug-likeness (QED) is 0.260. The minimum atomic E-state index is -3.25. The van der Waals surface area contributed by atoms with E-state index in [0.717, 1.165) is 6.07 Å². The maximum Gasteiger partial charge on any atom is 0.508 e. The lowest BCUT2D eigenvalue weighted by atomic mass is 9.89. The van der Waals surface area contributed by atoms with Crippen molar-refractivity contribution in [3.8, 4) is 5.75 Å². The summed E-state index contributed by atoms with van der Waals surface area (Å²) in [6.45, 7) is 1.99. The van der Waals surface area contributed by atoms with Gasteiger partial charge in [0.05, 0.1) is 23.4 Å². The molecule has 7 nitrogen and oxygen atoms in total. The van der Waals surface area contributed by atoms with Gasteiger partial charge in [0.1, 0.15) is 18.2 Å². The lowest BCUT2D eigenvalue weighted by Crippen LogP contribution is -2.30. The molecule has 4 rings (SSSR count). The number of fused-ring (bicyclic) bond motifs is 2. The first-order valence-electron chi connectivity index (χ1n) is 11.6. The molecule has 0 spiro atoms. The largest absolute Gasteiger partial charge is 0.508 e. The molecule has 0 fully saturated rings. The molecule has 1 aliphatic heterocycles. The van der Waals surface area contributed by atoms with Crippen molar-refractivity contribution in [2.24, 2.45) is 5.92 Å². The number of hydrogen-bond donors (Lipinski definition) is 0. The highest BCUT2D eigenvalue weighted by molar-refractivity contribution is 6.37. The number of carbonyl (C=O) groups is 3. The number of ether oxygens (including phenoxy) is 3. The molecule has 0 bridgehead atoms. The van der Waals surface area contributed by atoms with Crippen molar-refractivity contribution >= 4 is 34.4 Å². The number of rotatable bonds is 8. The Hall–Kier alpha value is -4.08. The van der Waals surface area contributed by atoms with Crippen LogP contribution in [0.1, 0.15) is 52.6 Å². The molecule has 0 aromatic heterocycles. The Bertz CT molecular complexity index is 1320. The van der Waals surface area contributed by atoms with Gasteiger partial charge in [-0.05, 0) is 47.9 Å². The van der Waals surface area contributed by atoms with Crippen LogP contribution in [0.4, 0.5) is 23.7 Å². The van der Waals surface area contributed by atoms with E-state index in [1.54, 1.807) is 25.1 Å². The molecule has 37 heavy (non-hydrogen) atoms. The Morgan fingerprint density at radius 2 is 1.65 bits per heavy atom. The van der Waals surface area contributed by atoms with Gasteiger partial charge in [0.25, 0.3) is 11.8 Å². The van der Waals surface area contributed by atoms with Gasteiger partial charge in [-0.2, -0.15) is 8.78 Å². The third-order valence-electron chi connectivity index (χ3n) is 5.80. The molecule has 194 valence electrons. The van der Waals surface area contributed by atoms with Gasteiger partial charge in [-0.1, -0.05) is 44.2 Å². The van der Waals surface area contributed by atoms with Crippen LogP contribution in [0.25, 0.3) is 10.8 Å². The number of imide groups is 1. The zero-order valence-corrected chi connectivity index (χ0v) is 20.3. The fraction of sp³-hybridized carbons (Fsp3) is 0.296. The Labute approximate surface area is 210 Å². The van der Waals surface area contributed by atoms with E-state index in [2.05, 4.69) is 4.74 Å². The topological polar surface area (TPSA) is 82.1 Å². The van der Waals surface area contributed by atoms with Gasteiger partial charge in [-0.3, -0.25) is 9.59 Å². The second-order valence-corrected chi connectivity index (χ2v) is 8.78. The van der Waals surface area contributed by atoms with E-state index in [1.807, 2.05) is 13.8 Å². The fourth-order valence-electron chi connectivity index (χ4n) is 4.41. The first-order valence-corrected chi connectivity index (χ1v) is 11.6. The summed E-state index contributed by atoms with van der Waals surface area (Å²) in [5, 5.41) is 0.757. The van der Waals surface area contributed by atoms with Crippen molar-refractivity contribution in [2.75, 3.05) is 11.5 Å². The molecule has 3 aromatic carbocycles. The van der Waals surface area contributed by atoms with E-state index >= 15 is 4.39 Å². The summed E-state index contributed by atoms with van der Waals surface area (Å²) in [5.74, 6) is -3.11. The molecule has 1 aliphatic rings. The summed E-state index contributed by atoms with van der Waals surface area (Å²) in [6.07, 6.45) is -0.555. The van der Waals surface area contributed by atoms with Crippen LogP contribution in [0, 0.1) is 11.7 Å². The van der Waals surface area contributed by atoms with Crippen molar-refractivity contribution in [1.82, 2.24) is 0 Å². The highest BCUT2D eigenvalue weighted by atomic mass is 19.3. The summed E-state index contributed by atoms with van der Waals surface area (Å²) in [4.78, 5) is 39.2. The number of amides is 2. The van der Waals surface area contributed by atoms with Crippen LogP contribution in [-0.4, -0.2) is 31.2 Å². The van der Waals surface area contributed by atoms with Crippen molar-refractivity contribution in [2.45, 2.75) is 40.4 Å². The van der Waals surface area contributed by atoms with Crippen LogP contribution in [0.2, 0.25) is 0 Å². The maximum absolute atomic E-state index is 15.2. The predicted octanol–water partition coefficient (Wildman–Crippen LogP) is 6.25. The molecule has 0 saturated carbocycles. The number of nitrogens with zero attached hydrogens (tertiary/aromatic N) is 1. The average Bonchev–Trinajstić information content (AvgIpc) is 3.10. The molecule has 2 amide bonds. The molecular formula is C27H24F3NO6. The molecular weight excluding hydrogens is 491 g/mol. The second-order valence-electron chi connectivity index (χ2n) is 8.78. The molecule has 0 radical (unpaired) electrons. The standard InChI is InChI=1S/C27H24F3NO6/c1-4-35-27(34)36-13-15-9-10-20(19(28)12-15)31-24(32)21-18(11-14(2)3)16-7-5-6-8-17(16)23(37-26(29)30)22(21)25(31)33/h5-10,12,14,26H,4,11,13H2,1-3H3. The van der Waals surface area contributed by atoms with E-state index < -0.39 is 36.1 Å². The van der Waals surface area contributed by atoms with Gasteiger partial charge in [0, 0.05) is 5.39 Å². The van der Waals surface area contributed by atoms with Gasteiger partial charge < -0.3 is 14.2 Å². The van der Waals surface area contributed by atoms with Crippen molar-refractivity contribution in [3.05, 3.63) is 70.5 Å². The molecule has 10 heteroatoms. The molecule has 3 aromatic rings. The first kappa shape index (κ1) is 26.0. The highest BCUT2D eigenvalue weighted by Gasteiger charge is 2.44. The maximum atomic E-state index is 15.2. The Kier molecular flexibility index (Phi) is 7.37. The number of carbonyl (C=O) groups excluding carboxylic acids is 3. The molecule has 0 aliphatic carbocycles. The van der Waals surface area contributed by atoms with Crippen molar-refractivity contribution < 1.29 is 41.8 Å². The fourth-order valence-corrected chi connectivity index (χ4v) is 4.41. The number of alkyl halides is 2. The lowest BCUT2D eigenvalue weighted by molar-refractivity contribution is -0.0490. The van der Waals surface area contributed by atoms with Gasteiger partial charge in [-0.15, -0.1) is 0 Å². The number of halogens is 3. The Balaban J connectivity index is 1.82. The number of hydrogen-bond acceptors (Lipinski definition) is 6. The van der Waals surface area contributed by atoms with Crippen LogP contribution in [-0.2, 0) is 22.5 Å². The third-order valence-corrected chi connectivity index (χ3v) is 5.80. The predicted molar refractivity (Wildman–Crippen MR) is 128 cm³/mol. The number of anilines is 1. The van der Waals surface area contributed by atoms with Crippen LogP contribution >= 0.6 is 0 Å². The molecule has 0 N–H and O–H groups in total. The van der Waals surface area contributed by atoms with Crippen LogP contribution in [0.5, 0.6) is 5.75 Å². The molecule has 1 heterocycles. The van der Waals surface area contributed by atoms with Gasteiger partial charge in [0.15, 0.2) is 0 Å². The normalized spacial score (nSPS) is 13.0. The Morgan fingerprint density at radius 1 is 0.973 bits per heavy atom. The monoisotopic (exact) mass is 515 g/mol. The summed E-state index contributed by atoms with van der Waals surface area (Å²) < 4.78 is 56.3. The summed E-state index contributed by atoms with van der Waals surface area (Å²) >= 11 is 0. The smallest absolute Gasteiger partial charge is 0.435 e. The zero-order chi connectivity index (χ0) is 26.9. The van der Waals surface area contributed by atoms with E-state index in [1.165, 1.54) is 18.2 Å². The van der Waals surface area contributed by atoms with Crippen LogP contribution in [0.15, 0.2) is 42.5 Å². The SMILES string of the molecule is CCOC(=O)OCc1ccc(N2C(=O)c3c(c(OC(F)F)c4ccccc4c3CC(C)C)C2=O)c(F)c1. The lowest BCUT2D eigenvalue weighted by Gasteiger charge is -2.17. The average molecular weight is 515 g/mol. The highest BCUT2D eigenvalue weighted by Crippen LogP contribution is 2.44. The molecule has 0 atom stereocenters. The van der Waals surface area contributed by atoms with Gasteiger partial charge >= 0.3 is 12.8 Å². The van der Waals surface area contributed by atoms with E-state index in [9.17, 15) is 23.2 Å². The van der Waals surface area contributed by atoms with Gasteiger partial charge in [-0.25, -0.2) is 14.1 Å². The second kappa shape index (κ2) is 10.5. The summed E-state index contributed by atoms with van der Waals surface area (Å²) in [7, 11) is 0. The van der Waals surface area contributed by atoms with Crippen LogP contribution < -0.4 is 9.64 Å². The van der Waals surface area contributed by atoms with E-state index in [4.69, 9.17) is 9.47 Å². The summed E-state index contributed by atoms with van der Waals surface area (Å²) in [5.41, 5.74) is -0.0219. The summed E-state index contributed by atoms with van der Waals surface area (Å²) in [6, 6.07) is 10.1. The minimum absolute atomic E-state index is 0.0572. The van der Waals surface area contributed by atoms with Crippen molar-refractivity contribution in [3.63, 3.8) is 0 Å². The third kappa shape index (κ3) is 4.96. The number of benzene rings is 3.